The van der Waals surface area contributed by atoms with Crippen LogP contribution in [0.15, 0.2) is 42.5 Å². The molecule has 0 heterocycles. The van der Waals surface area contributed by atoms with Crippen LogP contribution in [0.3, 0.4) is 0 Å². The number of hydrogen-bond donors (Lipinski definition) is 0. The number of benzene rings is 1. The Balaban J connectivity index is 2.36. The van der Waals surface area contributed by atoms with Crippen LogP contribution in [0.2, 0.25) is 0 Å². The van der Waals surface area contributed by atoms with Crippen molar-refractivity contribution in [2.75, 3.05) is 6.61 Å². The average molecular weight is 348 g/mol. The molecule has 0 saturated carbocycles. The van der Waals surface area contributed by atoms with Crippen molar-refractivity contribution in [2.24, 2.45) is 0 Å². The Kier molecular flexibility index (Phi) is 8.63. The van der Waals surface area contributed by atoms with E-state index < -0.39 is 30.0 Å². The number of esters is 4. The van der Waals surface area contributed by atoms with E-state index in [2.05, 4.69) is 9.47 Å². The highest BCUT2D eigenvalue weighted by Crippen LogP contribution is 2.05. The molecule has 25 heavy (non-hydrogen) atoms. The average Bonchev–Trinajstić information content (AvgIpc) is 2.59. The maximum atomic E-state index is 11.7. The van der Waals surface area contributed by atoms with E-state index in [-0.39, 0.29) is 13.0 Å². The quantitative estimate of drug-likeness (QED) is 0.305. The lowest BCUT2D eigenvalue weighted by Gasteiger charge is -2.10. The molecule has 7 nitrogen and oxygen atoms in total. The van der Waals surface area contributed by atoms with Gasteiger partial charge in [0.25, 0.3) is 0 Å². The molecule has 7 heteroatoms. The summed E-state index contributed by atoms with van der Waals surface area (Å²) in [4.78, 5) is 45.9. The minimum atomic E-state index is -1.28. The first kappa shape index (κ1) is 20.1. The highest BCUT2D eigenvalue weighted by molar-refractivity contribution is 5.93. The molecule has 1 aromatic carbocycles. The molecule has 134 valence electrons. The van der Waals surface area contributed by atoms with Gasteiger partial charge in [-0.25, -0.2) is 14.4 Å². The summed E-state index contributed by atoms with van der Waals surface area (Å²) in [6.07, 6.45) is 0.899. The van der Waals surface area contributed by atoms with Crippen molar-refractivity contribution in [3.8, 4) is 0 Å². The third kappa shape index (κ3) is 8.45. The maximum Gasteiger partial charge on any atom is 0.354 e. The van der Waals surface area contributed by atoms with Crippen LogP contribution in [-0.2, 0) is 39.8 Å². The van der Waals surface area contributed by atoms with Crippen LogP contribution in [0, 0.1) is 0 Å². The third-order valence-electron chi connectivity index (χ3n) is 2.94. The van der Waals surface area contributed by atoms with Crippen molar-refractivity contribution in [3.63, 3.8) is 0 Å². The van der Waals surface area contributed by atoms with E-state index in [9.17, 15) is 19.2 Å². The highest BCUT2D eigenvalue weighted by atomic mass is 16.6. The number of rotatable bonds is 8. The molecule has 0 aliphatic heterocycles. The van der Waals surface area contributed by atoms with Crippen molar-refractivity contribution >= 4 is 23.9 Å². The van der Waals surface area contributed by atoms with Crippen molar-refractivity contribution in [1.82, 2.24) is 0 Å². The van der Waals surface area contributed by atoms with Crippen LogP contribution in [0.5, 0.6) is 0 Å². The standard InChI is InChI=1S/C18H20O7/c1-3-23-15(19)11-12-16(20)24-13(2)18(22)25-17(21)10-9-14-7-5-4-6-8-14/h4-8,11-13H,3,9-10H2,1-2H3/b12-11-. The van der Waals surface area contributed by atoms with Gasteiger partial charge in [-0.05, 0) is 25.8 Å². The van der Waals surface area contributed by atoms with Crippen molar-refractivity contribution in [2.45, 2.75) is 32.8 Å². The fourth-order valence-electron chi connectivity index (χ4n) is 1.73. The molecule has 0 amide bonds. The van der Waals surface area contributed by atoms with Crippen LogP contribution >= 0.6 is 0 Å². The zero-order valence-corrected chi connectivity index (χ0v) is 14.1. The van der Waals surface area contributed by atoms with Gasteiger partial charge in [-0.15, -0.1) is 0 Å². The van der Waals surface area contributed by atoms with Gasteiger partial charge in [0.1, 0.15) is 0 Å². The van der Waals surface area contributed by atoms with Gasteiger partial charge in [0, 0.05) is 12.2 Å². The number of aryl methyl sites for hydroxylation is 1. The van der Waals surface area contributed by atoms with Gasteiger partial charge in [-0.3, -0.25) is 4.79 Å². The Morgan fingerprint density at radius 2 is 1.68 bits per heavy atom. The molecule has 0 aliphatic rings. The normalized spacial score (nSPS) is 11.6. The third-order valence-corrected chi connectivity index (χ3v) is 2.94. The fraction of sp³-hybridized carbons (Fsp3) is 0.333. The van der Waals surface area contributed by atoms with Gasteiger partial charge in [0.05, 0.1) is 13.0 Å². The number of carbonyl (C=O) groups is 4. The zero-order valence-electron chi connectivity index (χ0n) is 14.1. The smallest absolute Gasteiger partial charge is 0.354 e. The summed E-state index contributed by atoms with van der Waals surface area (Å²) >= 11 is 0. The molecule has 0 bridgehead atoms. The summed E-state index contributed by atoms with van der Waals surface area (Å²) < 4.78 is 14.0. The molecule has 0 radical (unpaired) electrons. The maximum absolute atomic E-state index is 11.7. The fourth-order valence-corrected chi connectivity index (χ4v) is 1.73. The number of ether oxygens (including phenoxy) is 3. The SMILES string of the molecule is CCOC(=O)/C=C\C(=O)OC(C)C(=O)OC(=O)CCc1ccccc1. The molecule has 1 unspecified atom stereocenters. The van der Waals surface area contributed by atoms with Crippen molar-refractivity contribution < 1.29 is 33.4 Å². The molecule has 0 aliphatic carbocycles. The Hall–Kier alpha value is -2.96. The van der Waals surface area contributed by atoms with Gasteiger partial charge in [-0.2, -0.15) is 0 Å². The van der Waals surface area contributed by atoms with Crippen molar-refractivity contribution in [1.29, 1.82) is 0 Å². The van der Waals surface area contributed by atoms with E-state index >= 15 is 0 Å². The molecule has 0 spiro atoms. The van der Waals surface area contributed by atoms with Crippen molar-refractivity contribution in [3.05, 3.63) is 48.0 Å². The highest BCUT2D eigenvalue weighted by Gasteiger charge is 2.21. The Labute approximate surface area is 145 Å². The predicted octanol–water partition coefficient (Wildman–Crippen LogP) is 1.74. The Morgan fingerprint density at radius 1 is 1.04 bits per heavy atom. The van der Waals surface area contributed by atoms with Gasteiger partial charge in [-0.1, -0.05) is 30.3 Å². The predicted molar refractivity (Wildman–Crippen MR) is 87.2 cm³/mol. The van der Waals surface area contributed by atoms with Crippen LogP contribution in [0.1, 0.15) is 25.8 Å². The summed E-state index contributed by atoms with van der Waals surface area (Å²) in [6, 6.07) is 9.26. The second kappa shape index (κ2) is 10.7. The molecule has 1 aromatic rings. The van der Waals surface area contributed by atoms with E-state index in [0.29, 0.717) is 6.42 Å². The Morgan fingerprint density at radius 3 is 2.32 bits per heavy atom. The minimum Gasteiger partial charge on any atom is -0.463 e. The van der Waals surface area contributed by atoms with Gasteiger partial charge >= 0.3 is 23.9 Å². The molecule has 0 saturated heterocycles. The van der Waals surface area contributed by atoms with Gasteiger partial charge < -0.3 is 14.2 Å². The summed E-state index contributed by atoms with van der Waals surface area (Å²) in [5.41, 5.74) is 0.940. The van der Waals surface area contributed by atoms with E-state index in [1.807, 2.05) is 30.3 Å². The van der Waals surface area contributed by atoms with E-state index in [1.54, 1.807) is 6.92 Å². The molecular formula is C18H20O7. The first-order valence-corrected chi connectivity index (χ1v) is 7.76. The first-order valence-electron chi connectivity index (χ1n) is 7.76. The molecular weight excluding hydrogens is 328 g/mol. The lowest BCUT2D eigenvalue weighted by molar-refractivity contribution is -0.171. The largest absolute Gasteiger partial charge is 0.463 e. The lowest BCUT2D eigenvalue weighted by Crippen LogP contribution is -2.28. The van der Waals surface area contributed by atoms with Crippen LogP contribution in [0.4, 0.5) is 0 Å². The summed E-state index contributed by atoms with van der Waals surface area (Å²) in [5.74, 6) is -3.31. The molecule has 1 rings (SSSR count). The minimum absolute atomic E-state index is 0.0270. The molecule has 1 atom stereocenters. The first-order chi connectivity index (χ1) is 11.9. The summed E-state index contributed by atoms with van der Waals surface area (Å²) in [5, 5.41) is 0. The number of hydrogen-bond acceptors (Lipinski definition) is 7. The Bertz CT molecular complexity index is 634. The lowest BCUT2D eigenvalue weighted by atomic mass is 10.1. The monoisotopic (exact) mass is 348 g/mol. The van der Waals surface area contributed by atoms with E-state index in [1.165, 1.54) is 6.92 Å². The number of carbonyl (C=O) groups excluding carboxylic acids is 4. The van der Waals surface area contributed by atoms with Gasteiger partial charge in [0.2, 0.25) is 0 Å². The summed E-state index contributed by atoms with van der Waals surface area (Å²) in [6.45, 7) is 3.06. The topological polar surface area (TPSA) is 96.0 Å². The van der Waals surface area contributed by atoms with E-state index in [0.717, 1.165) is 17.7 Å². The molecule has 0 aromatic heterocycles. The molecule has 0 N–H and O–H groups in total. The van der Waals surface area contributed by atoms with E-state index in [4.69, 9.17) is 4.74 Å². The summed E-state index contributed by atoms with van der Waals surface area (Å²) in [7, 11) is 0. The van der Waals surface area contributed by atoms with Crippen LogP contribution in [-0.4, -0.2) is 36.6 Å². The molecule has 0 fully saturated rings. The zero-order chi connectivity index (χ0) is 18.7. The van der Waals surface area contributed by atoms with Crippen LogP contribution in [0.25, 0.3) is 0 Å². The second-order valence-electron chi connectivity index (χ2n) is 4.94. The second-order valence-corrected chi connectivity index (χ2v) is 4.94. The van der Waals surface area contributed by atoms with Gasteiger partial charge in [0.15, 0.2) is 6.10 Å². The van der Waals surface area contributed by atoms with Crippen LogP contribution < -0.4 is 0 Å².